The molecule has 18 heavy (non-hydrogen) atoms. The second-order valence-corrected chi connectivity index (χ2v) is 5.03. The average Bonchev–Trinajstić information content (AvgIpc) is 2.30. The molecule has 1 fully saturated rings. The molecule has 0 amide bonds. The molecule has 2 rings (SSSR count). The van der Waals surface area contributed by atoms with Gasteiger partial charge in [-0.25, -0.2) is 4.39 Å². The zero-order valence-corrected chi connectivity index (χ0v) is 12.2. The lowest BCUT2D eigenvalue weighted by Gasteiger charge is -2.33. The summed E-state index contributed by atoms with van der Waals surface area (Å²) in [5.41, 5.74) is 0.854. The van der Waals surface area contributed by atoms with E-state index in [1.54, 1.807) is 18.2 Å². The molecule has 1 aliphatic heterocycles. The van der Waals surface area contributed by atoms with E-state index in [1.807, 2.05) is 0 Å². The van der Waals surface area contributed by atoms with Crippen LogP contribution < -0.4 is 5.32 Å². The molecule has 1 aromatic rings. The van der Waals surface area contributed by atoms with E-state index >= 15 is 0 Å². The minimum absolute atomic E-state index is 0. The third kappa shape index (κ3) is 3.97. The van der Waals surface area contributed by atoms with Gasteiger partial charge in [0.25, 0.3) is 0 Å². The minimum atomic E-state index is -0.420. The molecule has 102 valence electrons. The summed E-state index contributed by atoms with van der Waals surface area (Å²) >= 11 is 11.9. The first kappa shape index (κ1) is 16.0. The highest BCUT2D eigenvalue weighted by Gasteiger charge is 2.22. The standard InChI is InChI=1S/C12H15Cl2FN2.ClH/c13-10-5-9(6-11(14)7-10)12(8-15)17-3-1-16-2-4-17;/h5-7,12,16H,1-4,8H2;1H/t12-;/m0./s1. The molecule has 1 aliphatic rings. The van der Waals surface area contributed by atoms with Crippen molar-refractivity contribution in [3.05, 3.63) is 33.8 Å². The van der Waals surface area contributed by atoms with E-state index in [-0.39, 0.29) is 18.4 Å². The maximum absolute atomic E-state index is 13.2. The van der Waals surface area contributed by atoms with Crippen LogP contribution in [0.5, 0.6) is 0 Å². The lowest BCUT2D eigenvalue weighted by Crippen LogP contribution is -2.45. The van der Waals surface area contributed by atoms with Gasteiger partial charge in [-0.3, -0.25) is 4.90 Å². The summed E-state index contributed by atoms with van der Waals surface area (Å²) in [5, 5.41) is 4.36. The summed E-state index contributed by atoms with van der Waals surface area (Å²) < 4.78 is 13.2. The molecule has 2 nitrogen and oxygen atoms in total. The van der Waals surface area contributed by atoms with Crippen LogP contribution in [0, 0.1) is 0 Å². The van der Waals surface area contributed by atoms with Gasteiger partial charge in [0.05, 0.1) is 6.04 Å². The number of nitrogens with one attached hydrogen (secondary N) is 1. The third-order valence-corrected chi connectivity index (χ3v) is 3.44. The van der Waals surface area contributed by atoms with Gasteiger partial charge in [0.15, 0.2) is 0 Å². The quantitative estimate of drug-likeness (QED) is 0.921. The van der Waals surface area contributed by atoms with Gasteiger partial charge in [-0.05, 0) is 23.8 Å². The fourth-order valence-corrected chi connectivity index (χ4v) is 2.70. The second-order valence-electron chi connectivity index (χ2n) is 4.16. The number of rotatable bonds is 3. The van der Waals surface area contributed by atoms with Crippen molar-refractivity contribution >= 4 is 35.6 Å². The molecule has 0 aromatic heterocycles. The topological polar surface area (TPSA) is 15.3 Å². The number of nitrogens with zero attached hydrogens (tertiary/aromatic N) is 1. The summed E-state index contributed by atoms with van der Waals surface area (Å²) in [6.07, 6.45) is 0. The molecule has 1 N–H and O–H groups in total. The number of halogens is 4. The van der Waals surface area contributed by atoms with Crippen molar-refractivity contribution in [2.75, 3.05) is 32.9 Å². The van der Waals surface area contributed by atoms with E-state index in [4.69, 9.17) is 23.2 Å². The van der Waals surface area contributed by atoms with Crippen molar-refractivity contribution in [2.45, 2.75) is 6.04 Å². The predicted octanol–water partition coefficient (Wildman–Crippen LogP) is 3.33. The van der Waals surface area contributed by atoms with Gasteiger partial charge in [0, 0.05) is 36.2 Å². The normalized spacial score (nSPS) is 18.2. The first-order valence-corrected chi connectivity index (χ1v) is 6.43. The van der Waals surface area contributed by atoms with E-state index in [0.29, 0.717) is 10.0 Å². The van der Waals surface area contributed by atoms with Crippen molar-refractivity contribution in [3.8, 4) is 0 Å². The Morgan fingerprint density at radius 2 is 1.72 bits per heavy atom. The highest BCUT2D eigenvalue weighted by Crippen LogP contribution is 2.27. The largest absolute Gasteiger partial charge is 0.314 e. The summed E-state index contributed by atoms with van der Waals surface area (Å²) in [5.74, 6) is 0. The molecule has 1 heterocycles. The highest BCUT2D eigenvalue weighted by atomic mass is 35.5. The molecule has 6 heteroatoms. The van der Waals surface area contributed by atoms with Gasteiger partial charge in [-0.2, -0.15) is 0 Å². The highest BCUT2D eigenvalue weighted by molar-refractivity contribution is 6.34. The van der Waals surface area contributed by atoms with Crippen molar-refractivity contribution < 1.29 is 4.39 Å². The summed E-state index contributed by atoms with van der Waals surface area (Å²) in [6, 6.07) is 5.01. The van der Waals surface area contributed by atoms with Gasteiger partial charge in [0.1, 0.15) is 6.67 Å². The van der Waals surface area contributed by atoms with Gasteiger partial charge in [-0.15, -0.1) is 12.4 Å². The van der Waals surface area contributed by atoms with E-state index in [1.165, 1.54) is 0 Å². The van der Waals surface area contributed by atoms with Crippen LogP contribution >= 0.6 is 35.6 Å². The molecule has 0 bridgehead atoms. The second kappa shape index (κ2) is 7.51. The van der Waals surface area contributed by atoms with Crippen molar-refractivity contribution in [2.24, 2.45) is 0 Å². The Hall–Kier alpha value is -0.0600. The van der Waals surface area contributed by atoms with E-state index in [9.17, 15) is 4.39 Å². The molecule has 1 atom stereocenters. The summed E-state index contributed by atoms with van der Waals surface area (Å²) in [7, 11) is 0. The zero-order chi connectivity index (χ0) is 12.3. The fourth-order valence-electron chi connectivity index (χ4n) is 2.16. The Bertz CT molecular complexity index is 363. The monoisotopic (exact) mass is 312 g/mol. The minimum Gasteiger partial charge on any atom is -0.314 e. The van der Waals surface area contributed by atoms with Gasteiger partial charge < -0.3 is 5.32 Å². The molecule has 0 spiro atoms. The van der Waals surface area contributed by atoms with Crippen LogP contribution in [0.15, 0.2) is 18.2 Å². The van der Waals surface area contributed by atoms with Crippen LogP contribution in [0.3, 0.4) is 0 Å². The van der Waals surface area contributed by atoms with Crippen LogP contribution in [-0.4, -0.2) is 37.8 Å². The van der Waals surface area contributed by atoms with Crippen LogP contribution in [0.1, 0.15) is 11.6 Å². The van der Waals surface area contributed by atoms with Crippen LogP contribution in [0.4, 0.5) is 4.39 Å². The van der Waals surface area contributed by atoms with E-state index in [2.05, 4.69) is 10.2 Å². The first-order chi connectivity index (χ1) is 8.20. The molecule has 0 unspecified atom stereocenters. The zero-order valence-electron chi connectivity index (χ0n) is 9.83. The number of benzene rings is 1. The summed E-state index contributed by atoms with van der Waals surface area (Å²) in [6.45, 7) is 3.06. The predicted molar refractivity (Wildman–Crippen MR) is 76.9 cm³/mol. The van der Waals surface area contributed by atoms with E-state index < -0.39 is 6.67 Å². The first-order valence-electron chi connectivity index (χ1n) is 5.67. The maximum Gasteiger partial charge on any atom is 0.109 e. The molecule has 0 radical (unpaired) electrons. The third-order valence-electron chi connectivity index (χ3n) is 3.01. The number of piperazine rings is 1. The fraction of sp³-hybridized carbons (Fsp3) is 0.500. The van der Waals surface area contributed by atoms with Gasteiger partial charge in [-0.1, -0.05) is 23.2 Å². The number of hydrogen-bond acceptors (Lipinski definition) is 2. The Morgan fingerprint density at radius 1 is 1.17 bits per heavy atom. The molecular formula is C12H16Cl3FN2. The van der Waals surface area contributed by atoms with E-state index in [0.717, 1.165) is 31.7 Å². The lowest BCUT2D eigenvalue weighted by atomic mass is 10.1. The average molecular weight is 314 g/mol. The maximum atomic E-state index is 13.2. The molecule has 0 saturated carbocycles. The van der Waals surface area contributed by atoms with Crippen molar-refractivity contribution in [1.82, 2.24) is 10.2 Å². The van der Waals surface area contributed by atoms with Crippen LogP contribution in [-0.2, 0) is 0 Å². The van der Waals surface area contributed by atoms with Crippen molar-refractivity contribution in [3.63, 3.8) is 0 Å². The molecule has 1 aromatic carbocycles. The smallest absolute Gasteiger partial charge is 0.109 e. The number of alkyl halides is 1. The van der Waals surface area contributed by atoms with Gasteiger partial charge >= 0.3 is 0 Å². The Kier molecular flexibility index (Phi) is 6.67. The Labute approximate surface area is 123 Å². The van der Waals surface area contributed by atoms with Crippen LogP contribution in [0.2, 0.25) is 10.0 Å². The van der Waals surface area contributed by atoms with Gasteiger partial charge in [0.2, 0.25) is 0 Å². The number of hydrogen-bond donors (Lipinski definition) is 1. The Balaban J connectivity index is 0.00000162. The van der Waals surface area contributed by atoms with Crippen molar-refractivity contribution in [1.29, 1.82) is 0 Å². The molecular weight excluding hydrogens is 298 g/mol. The summed E-state index contributed by atoms with van der Waals surface area (Å²) in [4.78, 5) is 2.12. The lowest BCUT2D eigenvalue weighted by molar-refractivity contribution is 0.147. The molecule has 1 saturated heterocycles. The SMILES string of the molecule is Cl.FC[C@@H](c1cc(Cl)cc(Cl)c1)N1CCNCC1. The Morgan fingerprint density at radius 3 is 2.22 bits per heavy atom. The van der Waals surface area contributed by atoms with Crippen LogP contribution in [0.25, 0.3) is 0 Å². The molecule has 0 aliphatic carbocycles.